The highest BCUT2D eigenvalue weighted by atomic mass is 79.9. The van der Waals surface area contributed by atoms with Crippen LogP contribution >= 0.6 is 43.6 Å². The Hall–Kier alpha value is -2.10. The summed E-state index contributed by atoms with van der Waals surface area (Å²) in [4.78, 5) is 38.5. The van der Waals surface area contributed by atoms with Crippen molar-refractivity contribution in [2.75, 3.05) is 13.2 Å². The topological polar surface area (TPSA) is 83.9 Å². The lowest BCUT2D eigenvalue weighted by Crippen LogP contribution is -2.33. The van der Waals surface area contributed by atoms with E-state index in [1.165, 1.54) is 12.1 Å². The van der Waals surface area contributed by atoms with Gasteiger partial charge in [0, 0.05) is 14.5 Å². The lowest BCUT2D eigenvalue weighted by Gasteiger charge is -2.11. The van der Waals surface area contributed by atoms with Crippen LogP contribution in [0.1, 0.15) is 22.8 Å². The van der Waals surface area contributed by atoms with Gasteiger partial charge >= 0.3 is 0 Å². The van der Waals surface area contributed by atoms with Gasteiger partial charge in [-0.3, -0.25) is 19.3 Å². The first-order chi connectivity index (χ1) is 13.8. The Bertz CT molecular complexity index is 1020. The van der Waals surface area contributed by atoms with E-state index in [4.69, 9.17) is 4.74 Å². The van der Waals surface area contributed by atoms with E-state index in [-0.39, 0.29) is 28.7 Å². The number of benzene rings is 2. The minimum absolute atomic E-state index is 0.0379. The van der Waals surface area contributed by atoms with E-state index < -0.39 is 11.1 Å². The number of phenols is 1. The number of Topliss-reactive ketones (excluding diaryl/α,β-unsaturated/α-hetero) is 1. The molecular formula is C20H15Br2NO5S. The number of carbonyl (C=O) groups is 3. The zero-order chi connectivity index (χ0) is 21.1. The molecule has 150 valence electrons. The second kappa shape index (κ2) is 9.15. The number of amides is 2. The number of nitrogens with zero attached hydrogens (tertiary/aromatic N) is 1. The van der Waals surface area contributed by atoms with Crippen molar-refractivity contribution in [2.45, 2.75) is 6.92 Å². The Balaban J connectivity index is 1.82. The maximum atomic E-state index is 12.7. The van der Waals surface area contributed by atoms with E-state index in [9.17, 15) is 19.5 Å². The van der Waals surface area contributed by atoms with Crippen LogP contribution in [0, 0.1) is 0 Å². The molecule has 0 aromatic heterocycles. The van der Waals surface area contributed by atoms with Crippen LogP contribution in [0.2, 0.25) is 0 Å². The Morgan fingerprint density at radius 1 is 1.21 bits per heavy atom. The first-order valence-corrected chi connectivity index (χ1v) is 10.9. The van der Waals surface area contributed by atoms with E-state index in [2.05, 4.69) is 31.9 Å². The summed E-state index contributed by atoms with van der Waals surface area (Å²) in [6, 6.07) is 9.73. The normalized spacial score (nSPS) is 15.3. The Morgan fingerprint density at radius 3 is 2.55 bits per heavy atom. The summed E-state index contributed by atoms with van der Waals surface area (Å²) in [5, 5.41) is 9.41. The van der Waals surface area contributed by atoms with E-state index >= 15 is 0 Å². The highest BCUT2D eigenvalue weighted by molar-refractivity contribution is 9.10. The van der Waals surface area contributed by atoms with Crippen LogP contribution in [-0.2, 0) is 4.79 Å². The van der Waals surface area contributed by atoms with Gasteiger partial charge in [-0.2, -0.15) is 0 Å². The second-order valence-electron chi connectivity index (χ2n) is 5.97. The second-order valence-corrected chi connectivity index (χ2v) is 8.74. The molecule has 1 aliphatic rings. The standard InChI is InChI=1S/C20H15Br2NO5S/c1-2-28-17-7-12(14(22)9-15(17)24)8-18-19(26)23(20(27)29-18)10-16(25)11-3-5-13(21)6-4-11/h3-9,24H,2,10H2,1H3/b18-8-. The van der Waals surface area contributed by atoms with Crippen molar-refractivity contribution in [3.8, 4) is 11.5 Å². The number of hydrogen-bond donors (Lipinski definition) is 1. The maximum Gasteiger partial charge on any atom is 0.293 e. The lowest BCUT2D eigenvalue weighted by atomic mass is 10.1. The number of rotatable bonds is 6. The summed E-state index contributed by atoms with van der Waals surface area (Å²) in [5.74, 6) is -0.635. The molecule has 1 fully saturated rings. The van der Waals surface area contributed by atoms with Gasteiger partial charge in [-0.25, -0.2) is 0 Å². The zero-order valence-corrected chi connectivity index (χ0v) is 19.1. The lowest BCUT2D eigenvalue weighted by molar-refractivity contribution is -0.122. The van der Waals surface area contributed by atoms with Crippen molar-refractivity contribution in [1.29, 1.82) is 0 Å². The Morgan fingerprint density at radius 2 is 1.90 bits per heavy atom. The molecule has 2 aromatic rings. The van der Waals surface area contributed by atoms with Crippen molar-refractivity contribution >= 4 is 66.6 Å². The van der Waals surface area contributed by atoms with Crippen LogP contribution in [0.5, 0.6) is 11.5 Å². The molecule has 1 saturated heterocycles. The molecule has 0 aliphatic carbocycles. The van der Waals surface area contributed by atoms with Crippen molar-refractivity contribution < 1.29 is 24.2 Å². The largest absolute Gasteiger partial charge is 0.504 e. The van der Waals surface area contributed by atoms with E-state index in [0.29, 0.717) is 22.2 Å². The van der Waals surface area contributed by atoms with Crippen molar-refractivity contribution in [3.05, 3.63) is 61.4 Å². The fourth-order valence-electron chi connectivity index (χ4n) is 2.59. The fraction of sp³-hybridized carbons (Fsp3) is 0.150. The van der Waals surface area contributed by atoms with Gasteiger partial charge in [0.25, 0.3) is 11.1 Å². The monoisotopic (exact) mass is 539 g/mol. The van der Waals surface area contributed by atoms with Crippen LogP contribution in [0.3, 0.4) is 0 Å². The van der Waals surface area contributed by atoms with Gasteiger partial charge in [-0.05, 0) is 54.6 Å². The number of ether oxygens (including phenoxy) is 1. The average molecular weight is 541 g/mol. The van der Waals surface area contributed by atoms with E-state index in [1.54, 1.807) is 37.3 Å². The third kappa shape index (κ3) is 4.91. The molecular weight excluding hydrogens is 526 g/mol. The van der Waals surface area contributed by atoms with Gasteiger partial charge < -0.3 is 9.84 Å². The number of halogens is 2. The van der Waals surface area contributed by atoms with Crippen molar-refractivity contribution in [3.63, 3.8) is 0 Å². The third-order valence-corrected chi connectivity index (χ3v) is 6.13. The minimum atomic E-state index is -0.539. The van der Waals surface area contributed by atoms with Crippen LogP contribution in [0.15, 0.2) is 50.2 Å². The summed E-state index contributed by atoms with van der Waals surface area (Å²) in [5.41, 5.74) is 0.981. The van der Waals surface area contributed by atoms with Gasteiger partial charge in [0.05, 0.1) is 18.1 Å². The van der Waals surface area contributed by atoms with Gasteiger partial charge in [0.2, 0.25) is 0 Å². The third-order valence-electron chi connectivity index (χ3n) is 4.01. The van der Waals surface area contributed by atoms with Crippen LogP contribution in [0.25, 0.3) is 6.08 Å². The molecule has 9 heteroatoms. The first-order valence-electron chi connectivity index (χ1n) is 8.49. The summed E-state index contributed by atoms with van der Waals surface area (Å²) in [6.45, 7) is 1.82. The van der Waals surface area contributed by atoms with Crippen molar-refractivity contribution in [1.82, 2.24) is 4.90 Å². The number of carbonyl (C=O) groups excluding carboxylic acids is 3. The number of hydrogen-bond acceptors (Lipinski definition) is 6. The van der Waals surface area contributed by atoms with Crippen molar-refractivity contribution in [2.24, 2.45) is 0 Å². The highest BCUT2D eigenvalue weighted by Crippen LogP contribution is 2.37. The maximum absolute atomic E-state index is 12.7. The van der Waals surface area contributed by atoms with Crippen LogP contribution in [-0.4, -0.2) is 40.1 Å². The highest BCUT2D eigenvalue weighted by Gasteiger charge is 2.36. The van der Waals surface area contributed by atoms with E-state index in [0.717, 1.165) is 21.1 Å². The molecule has 1 N–H and O–H groups in total. The molecule has 2 aromatic carbocycles. The smallest absolute Gasteiger partial charge is 0.293 e. The molecule has 0 spiro atoms. The number of aromatic hydroxyl groups is 1. The summed E-state index contributed by atoms with van der Waals surface area (Å²) in [6.07, 6.45) is 1.53. The molecule has 3 rings (SSSR count). The zero-order valence-electron chi connectivity index (χ0n) is 15.1. The molecule has 1 aliphatic heterocycles. The predicted octanol–water partition coefficient (Wildman–Crippen LogP) is 5.24. The molecule has 0 bridgehead atoms. The molecule has 0 atom stereocenters. The van der Waals surface area contributed by atoms with Crippen LogP contribution in [0.4, 0.5) is 4.79 Å². The quantitative estimate of drug-likeness (QED) is 0.398. The fourth-order valence-corrected chi connectivity index (χ4v) is 4.13. The van der Waals surface area contributed by atoms with E-state index in [1.807, 2.05) is 0 Å². The SMILES string of the molecule is CCOc1cc(/C=C2\SC(=O)N(CC(=O)c3ccc(Br)cc3)C2=O)c(Br)cc1O. The number of ketones is 1. The Labute approximate surface area is 188 Å². The number of phenolic OH excluding ortho intramolecular Hbond substituents is 1. The predicted molar refractivity (Wildman–Crippen MR) is 118 cm³/mol. The summed E-state index contributed by atoms with van der Waals surface area (Å²) in [7, 11) is 0. The summed E-state index contributed by atoms with van der Waals surface area (Å²) < 4.78 is 6.72. The minimum Gasteiger partial charge on any atom is -0.504 e. The van der Waals surface area contributed by atoms with Gasteiger partial charge in [-0.15, -0.1) is 0 Å². The van der Waals surface area contributed by atoms with Gasteiger partial charge in [-0.1, -0.05) is 44.0 Å². The number of thioether (sulfide) groups is 1. The first kappa shape index (κ1) is 21.6. The molecule has 0 radical (unpaired) electrons. The average Bonchev–Trinajstić information content (AvgIpc) is 2.93. The molecule has 2 amide bonds. The Kier molecular flexibility index (Phi) is 6.81. The van der Waals surface area contributed by atoms with Crippen LogP contribution < -0.4 is 4.74 Å². The molecule has 1 heterocycles. The molecule has 6 nitrogen and oxygen atoms in total. The van der Waals surface area contributed by atoms with Gasteiger partial charge in [0.15, 0.2) is 17.3 Å². The number of imide groups is 1. The molecule has 0 unspecified atom stereocenters. The molecule has 29 heavy (non-hydrogen) atoms. The van der Waals surface area contributed by atoms with Gasteiger partial charge in [0.1, 0.15) is 0 Å². The summed E-state index contributed by atoms with van der Waals surface area (Å²) >= 11 is 7.39. The molecule has 0 saturated carbocycles.